The molecule has 0 amide bonds. The van der Waals surface area contributed by atoms with Gasteiger partial charge < -0.3 is 11.1 Å². The molecule has 0 aromatic rings. The van der Waals surface area contributed by atoms with Crippen LogP contribution in [-0.2, 0) is 0 Å². The summed E-state index contributed by atoms with van der Waals surface area (Å²) in [6.45, 7) is 4.59. The Bertz CT molecular complexity index is 144. The second-order valence-electron chi connectivity index (χ2n) is 2.11. The summed E-state index contributed by atoms with van der Waals surface area (Å²) >= 11 is 4.83. The third-order valence-electron chi connectivity index (χ3n) is 0.813. The lowest BCUT2D eigenvalue weighted by Crippen LogP contribution is -2.32. The van der Waals surface area contributed by atoms with E-state index in [1.54, 1.807) is 6.21 Å². The first-order valence-corrected chi connectivity index (χ1v) is 3.90. The molecule has 0 rings (SSSR count). The van der Waals surface area contributed by atoms with E-state index in [2.05, 4.69) is 15.8 Å². The van der Waals surface area contributed by atoms with E-state index >= 15 is 0 Å². The Balaban J connectivity index is 3.45. The normalized spacial score (nSPS) is 13.0. The van der Waals surface area contributed by atoms with Crippen molar-refractivity contribution in [2.45, 2.75) is 19.9 Å². The lowest BCUT2D eigenvalue weighted by atomic mass is 10.4. The van der Waals surface area contributed by atoms with Gasteiger partial charge in [0.05, 0.1) is 0 Å². The van der Waals surface area contributed by atoms with Gasteiger partial charge in [-0.05, 0) is 26.1 Å². The Morgan fingerprint density at radius 2 is 2.45 bits per heavy atom. The number of nitrogens with zero attached hydrogens (tertiary/aromatic N) is 1. The van der Waals surface area contributed by atoms with Crippen molar-refractivity contribution in [3.8, 4) is 0 Å². The average molecular weight is 174 g/mol. The van der Waals surface area contributed by atoms with Crippen LogP contribution in [0.3, 0.4) is 0 Å². The van der Waals surface area contributed by atoms with E-state index in [4.69, 9.17) is 18.0 Å². The molecule has 0 bridgehead atoms. The van der Waals surface area contributed by atoms with E-state index in [9.17, 15) is 0 Å². The number of hydrogen-bond donors (Lipinski definition) is 3. The van der Waals surface area contributed by atoms with Crippen LogP contribution in [0.25, 0.3) is 0 Å². The molecule has 0 aliphatic rings. The maximum Gasteiger partial charge on any atom is 0.186 e. The van der Waals surface area contributed by atoms with Gasteiger partial charge in [-0.15, -0.1) is 0 Å². The predicted octanol–water partition coefficient (Wildman–Crippen LogP) is -0.197. The van der Waals surface area contributed by atoms with Crippen LogP contribution in [-0.4, -0.2) is 23.9 Å². The van der Waals surface area contributed by atoms with Crippen molar-refractivity contribution in [3.63, 3.8) is 0 Å². The third-order valence-corrected chi connectivity index (χ3v) is 1.05. The molecule has 0 saturated heterocycles. The number of hydrazone groups is 1. The van der Waals surface area contributed by atoms with Crippen LogP contribution in [0.5, 0.6) is 0 Å². The van der Waals surface area contributed by atoms with E-state index in [0.29, 0.717) is 5.11 Å². The van der Waals surface area contributed by atoms with Gasteiger partial charge in [-0.2, -0.15) is 5.10 Å². The molecule has 0 fully saturated rings. The van der Waals surface area contributed by atoms with Crippen molar-refractivity contribution in [2.75, 3.05) is 6.54 Å². The second-order valence-corrected chi connectivity index (χ2v) is 2.52. The number of hydrogen-bond acceptors (Lipinski definition) is 3. The number of rotatable bonds is 3. The first-order chi connectivity index (χ1) is 5.16. The molecule has 0 saturated carbocycles. The van der Waals surface area contributed by atoms with E-state index < -0.39 is 0 Å². The lowest BCUT2D eigenvalue weighted by molar-refractivity contribution is 0.891. The molecule has 0 aromatic carbocycles. The Hall–Kier alpha value is -0.680. The van der Waals surface area contributed by atoms with E-state index in [-0.39, 0.29) is 6.04 Å². The van der Waals surface area contributed by atoms with Crippen molar-refractivity contribution < 1.29 is 0 Å². The summed E-state index contributed by atoms with van der Waals surface area (Å²) < 4.78 is 0. The summed E-state index contributed by atoms with van der Waals surface area (Å²) in [5.41, 5.74) is 8.02. The molecule has 0 spiro atoms. The van der Waals surface area contributed by atoms with Gasteiger partial charge in [-0.25, -0.2) is 0 Å². The topological polar surface area (TPSA) is 62.4 Å². The van der Waals surface area contributed by atoms with Gasteiger partial charge in [-0.3, -0.25) is 5.43 Å². The van der Waals surface area contributed by atoms with Crippen LogP contribution >= 0.6 is 12.2 Å². The fourth-order valence-corrected chi connectivity index (χ4v) is 0.611. The van der Waals surface area contributed by atoms with Gasteiger partial charge in [0.1, 0.15) is 0 Å². The van der Waals surface area contributed by atoms with Gasteiger partial charge in [0.15, 0.2) is 5.11 Å². The molecule has 5 heteroatoms. The van der Waals surface area contributed by atoms with Gasteiger partial charge >= 0.3 is 0 Å². The molecule has 4 N–H and O–H groups in total. The standard InChI is InChI=1S/C6H14N4S/c1-3-8-6(11)10-9-4-5(2)7/h4-5H,3,7H2,1-2H3,(H2,8,10,11). The van der Waals surface area contributed by atoms with Gasteiger partial charge in [0, 0.05) is 18.8 Å². The SMILES string of the molecule is CCNC(=S)NN=CC(C)N. The molecule has 0 heterocycles. The monoisotopic (exact) mass is 174 g/mol. The molecule has 11 heavy (non-hydrogen) atoms. The Kier molecular flexibility index (Phi) is 5.68. The highest BCUT2D eigenvalue weighted by atomic mass is 32.1. The van der Waals surface area contributed by atoms with Crippen LogP contribution < -0.4 is 16.5 Å². The van der Waals surface area contributed by atoms with Crippen LogP contribution in [0.2, 0.25) is 0 Å². The number of nitrogens with two attached hydrogens (primary N) is 1. The zero-order valence-electron chi connectivity index (χ0n) is 6.79. The quantitative estimate of drug-likeness (QED) is 0.315. The summed E-state index contributed by atoms with van der Waals surface area (Å²) in [5.74, 6) is 0. The van der Waals surface area contributed by atoms with Crippen LogP contribution in [0.1, 0.15) is 13.8 Å². The average Bonchev–Trinajstić information content (AvgIpc) is 1.87. The second kappa shape index (κ2) is 6.06. The predicted molar refractivity (Wildman–Crippen MR) is 51.6 cm³/mol. The zero-order valence-corrected chi connectivity index (χ0v) is 7.61. The molecule has 0 aromatic heterocycles. The van der Waals surface area contributed by atoms with Crippen LogP contribution in [0, 0.1) is 0 Å². The molecule has 64 valence electrons. The maximum atomic E-state index is 5.40. The maximum absolute atomic E-state index is 5.40. The first kappa shape index (κ1) is 10.3. The summed E-state index contributed by atoms with van der Waals surface area (Å²) in [6.07, 6.45) is 1.59. The molecule has 4 nitrogen and oxygen atoms in total. The number of thiocarbonyl (C=S) groups is 1. The van der Waals surface area contributed by atoms with Crippen LogP contribution in [0.4, 0.5) is 0 Å². The zero-order chi connectivity index (χ0) is 8.69. The minimum Gasteiger partial charge on any atom is -0.362 e. The first-order valence-electron chi connectivity index (χ1n) is 3.49. The summed E-state index contributed by atoms with van der Waals surface area (Å²) in [6, 6.07) is -0.0491. The van der Waals surface area contributed by atoms with Gasteiger partial charge in [-0.1, -0.05) is 0 Å². The van der Waals surface area contributed by atoms with Crippen molar-refractivity contribution in [3.05, 3.63) is 0 Å². The third kappa shape index (κ3) is 7.21. The summed E-state index contributed by atoms with van der Waals surface area (Å²) in [5, 5.41) is 7.19. The Labute approximate surface area is 72.2 Å². The minimum atomic E-state index is -0.0491. The Morgan fingerprint density at radius 3 is 2.91 bits per heavy atom. The molecule has 0 radical (unpaired) electrons. The fraction of sp³-hybridized carbons (Fsp3) is 0.667. The molecule has 1 unspecified atom stereocenters. The van der Waals surface area contributed by atoms with Gasteiger partial charge in [0.25, 0.3) is 0 Å². The van der Waals surface area contributed by atoms with E-state index in [1.165, 1.54) is 0 Å². The highest BCUT2D eigenvalue weighted by Gasteiger charge is 1.87. The van der Waals surface area contributed by atoms with Crippen molar-refractivity contribution >= 4 is 23.5 Å². The molecule has 0 aliphatic carbocycles. The van der Waals surface area contributed by atoms with Crippen molar-refractivity contribution in [1.82, 2.24) is 10.7 Å². The van der Waals surface area contributed by atoms with E-state index in [1.807, 2.05) is 13.8 Å². The van der Waals surface area contributed by atoms with Crippen molar-refractivity contribution in [1.29, 1.82) is 0 Å². The van der Waals surface area contributed by atoms with Gasteiger partial charge in [0.2, 0.25) is 0 Å². The molecular formula is C6H14N4S. The summed E-state index contributed by atoms with van der Waals surface area (Å²) in [4.78, 5) is 0. The minimum absolute atomic E-state index is 0.0491. The molecular weight excluding hydrogens is 160 g/mol. The number of nitrogens with one attached hydrogen (secondary N) is 2. The van der Waals surface area contributed by atoms with Crippen LogP contribution in [0.15, 0.2) is 5.10 Å². The fourth-order valence-electron chi connectivity index (χ4n) is 0.414. The molecule has 1 atom stereocenters. The highest BCUT2D eigenvalue weighted by Crippen LogP contribution is 1.68. The molecule has 0 aliphatic heterocycles. The van der Waals surface area contributed by atoms with Crippen molar-refractivity contribution in [2.24, 2.45) is 10.8 Å². The lowest BCUT2D eigenvalue weighted by Gasteiger charge is -2.02. The van der Waals surface area contributed by atoms with E-state index in [0.717, 1.165) is 6.54 Å². The highest BCUT2D eigenvalue weighted by molar-refractivity contribution is 7.80. The smallest absolute Gasteiger partial charge is 0.186 e. The Morgan fingerprint density at radius 1 is 1.82 bits per heavy atom. The summed E-state index contributed by atoms with van der Waals surface area (Å²) in [7, 11) is 0. The largest absolute Gasteiger partial charge is 0.362 e.